The van der Waals surface area contributed by atoms with Crippen molar-refractivity contribution < 1.29 is 4.79 Å². The number of nitrogens with zero attached hydrogens (tertiary/aromatic N) is 2. The number of hydrogen-bond acceptors (Lipinski definition) is 3. The molecule has 0 radical (unpaired) electrons. The Kier molecular flexibility index (Phi) is 10.7. The fraction of sp³-hybridized carbons (Fsp3) is 0.600. The van der Waals surface area contributed by atoms with Crippen molar-refractivity contribution in [3.63, 3.8) is 0 Å². The Morgan fingerprint density at radius 3 is 2.59 bits per heavy atom. The van der Waals surface area contributed by atoms with Gasteiger partial charge in [0.2, 0.25) is 5.91 Å². The van der Waals surface area contributed by atoms with E-state index in [0.717, 1.165) is 38.0 Å². The zero-order valence-electron chi connectivity index (χ0n) is 16.9. The van der Waals surface area contributed by atoms with Gasteiger partial charge in [-0.15, -0.1) is 24.0 Å². The summed E-state index contributed by atoms with van der Waals surface area (Å²) in [5.74, 6) is 0.612. The number of benzene rings is 1. The molecule has 1 aromatic carbocycles. The van der Waals surface area contributed by atoms with Crippen molar-refractivity contribution in [1.82, 2.24) is 15.5 Å². The van der Waals surface area contributed by atoms with Crippen LogP contribution in [-0.2, 0) is 11.2 Å². The van der Waals surface area contributed by atoms with Gasteiger partial charge >= 0.3 is 0 Å². The lowest BCUT2D eigenvalue weighted by atomic mass is 10.0. The van der Waals surface area contributed by atoms with Crippen LogP contribution in [0.3, 0.4) is 0 Å². The third kappa shape index (κ3) is 8.04. The van der Waals surface area contributed by atoms with Crippen molar-refractivity contribution in [3.8, 4) is 0 Å². The fourth-order valence-corrected chi connectivity index (χ4v) is 3.19. The number of carbonyl (C=O) groups excluding carboxylic acids is 1. The number of likely N-dealkylation sites (tertiary alicyclic amines) is 1. The molecule has 152 valence electrons. The lowest BCUT2D eigenvalue weighted by molar-refractivity contribution is -0.115. The molecule has 27 heavy (non-hydrogen) atoms. The van der Waals surface area contributed by atoms with Crippen LogP contribution in [0.25, 0.3) is 0 Å². The van der Waals surface area contributed by atoms with Crippen LogP contribution in [0.1, 0.15) is 39.2 Å². The summed E-state index contributed by atoms with van der Waals surface area (Å²) in [6, 6.07) is 8.94. The third-order valence-electron chi connectivity index (χ3n) is 4.86. The van der Waals surface area contributed by atoms with E-state index in [2.05, 4.69) is 52.7 Å². The molecule has 0 atom stereocenters. The quantitative estimate of drug-likeness (QED) is 0.328. The van der Waals surface area contributed by atoms with Gasteiger partial charge in [0, 0.05) is 37.9 Å². The van der Waals surface area contributed by atoms with Crippen LogP contribution in [-0.4, -0.2) is 55.5 Å². The maximum absolute atomic E-state index is 12.2. The van der Waals surface area contributed by atoms with E-state index in [0.29, 0.717) is 18.0 Å². The van der Waals surface area contributed by atoms with Gasteiger partial charge in [-0.2, -0.15) is 0 Å². The van der Waals surface area contributed by atoms with Crippen LogP contribution < -0.4 is 16.0 Å². The van der Waals surface area contributed by atoms with Gasteiger partial charge < -0.3 is 20.9 Å². The first-order valence-corrected chi connectivity index (χ1v) is 9.61. The predicted octanol–water partition coefficient (Wildman–Crippen LogP) is 2.84. The smallest absolute Gasteiger partial charge is 0.243 e. The Morgan fingerprint density at radius 1 is 1.30 bits per heavy atom. The number of piperidine rings is 1. The maximum atomic E-state index is 12.2. The van der Waals surface area contributed by atoms with Crippen LogP contribution in [0.15, 0.2) is 29.3 Å². The lowest BCUT2D eigenvalue weighted by Gasteiger charge is -2.35. The van der Waals surface area contributed by atoms with E-state index in [-0.39, 0.29) is 36.4 Å². The van der Waals surface area contributed by atoms with E-state index >= 15 is 0 Å². The predicted molar refractivity (Wildman–Crippen MR) is 124 cm³/mol. The SMILES string of the molecule is CCc1cccc(NC(=O)CNC(=NC)NC2CCN(C(C)C)CC2)c1.I. The first kappa shape index (κ1) is 23.7. The number of amides is 1. The van der Waals surface area contributed by atoms with Gasteiger partial charge in [-0.05, 0) is 50.8 Å². The summed E-state index contributed by atoms with van der Waals surface area (Å²) in [7, 11) is 1.74. The highest BCUT2D eigenvalue weighted by atomic mass is 127. The van der Waals surface area contributed by atoms with Crippen molar-refractivity contribution in [1.29, 1.82) is 0 Å². The molecule has 0 bridgehead atoms. The number of hydrogen-bond donors (Lipinski definition) is 3. The third-order valence-corrected chi connectivity index (χ3v) is 4.86. The molecule has 1 heterocycles. The number of nitrogens with one attached hydrogen (secondary N) is 3. The van der Waals surface area contributed by atoms with E-state index in [1.54, 1.807) is 7.05 Å². The molecule has 1 saturated heterocycles. The summed E-state index contributed by atoms with van der Waals surface area (Å²) in [5.41, 5.74) is 2.04. The highest BCUT2D eigenvalue weighted by Gasteiger charge is 2.21. The molecule has 1 amide bonds. The van der Waals surface area contributed by atoms with Gasteiger partial charge in [0.25, 0.3) is 0 Å². The molecule has 6 nitrogen and oxygen atoms in total. The number of anilines is 1. The fourth-order valence-electron chi connectivity index (χ4n) is 3.19. The van der Waals surface area contributed by atoms with Gasteiger partial charge in [-0.1, -0.05) is 19.1 Å². The standard InChI is InChI=1S/C20H33N5O.HI/c1-5-16-7-6-8-18(13-16)23-19(26)14-22-20(21-4)24-17-9-11-25(12-10-17)15(2)3;/h6-8,13,15,17H,5,9-12,14H2,1-4H3,(H,23,26)(H2,21,22,24);1H. The number of carbonyl (C=O) groups is 1. The Bertz CT molecular complexity index is 612. The second-order valence-corrected chi connectivity index (χ2v) is 7.08. The normalized spacial score (nSPS) is 16.0. The number of aliphatic imine (C=N–C) groups is 1. The van der Waals surface area contributed by atoms with Crippen LogP contribution in [0.4, 0.5) is 5.69 Å². The molecular formula is C20H34IN5O. The van der Waals surface area contributed by atoms with Gasteiger partial charge in [-0.25, -0.2) is 0 Å². The Morgan fingerprint density at radius 2 is 2.00 bits per heavy atom. The molecule has 1 aliphatic heterocycles. The van der Waals surface area contributed by atoms with Gasteiger partial charge in [-0.3, -0.25) is 9.79 Å². The van der Waals surface area contributed by atoms with E-state index in [1.807, 2.05) is 18.2 Å². The van der Waals surface area contributed by atoms with Crippen molar-refractivity contribution in [3.05, 3.63) is 29.8 Å². The van der Waals surface area contributed by atoms with E-state index in [1.165, 1.54) is 5.56 Å². The second kappa shape index (κ2) is 12.2. The highest BCUT2D eigenvalue weighted by molar-refractivity contribution is 14.0. The van der Waals surface area contributed by atoms with Crippen molar-refractivity contribution >= 4 is 41.5 Å². The minimum atomic E-state index is -0.0733. The minimum absolute atomic E-state index is 0. The zero-order chi connectivity index (χ0) is 18.9. The summed E-state index contributed by atoms with van der Waals surface area (Å²) >= 11 is 0. The van der Waals surface area contributed by atoms with Crippen LogP contribution in [0.2, 0.25) is 0 Å². The minimum Gasteiger partial charge on any atom is -0.354 e. The Hall–Kier alpha value is -1.35. The summed E-state index contributed by atoms with van der Waals surface area (Å²) in [4.78, 5) is 18.9. The number of aryl methyl sites for hydroxylation is 1. The maximum Gasteiger partial charge on any atom is 0.243 e. The summed E-state index contributed by atoms with van der Waals surface area (Å²) in [6.07, 6.45) is 3.14. The first-order valence-electron chi connectivity index (χ1n) is 9.61. The highest BCUT2D eigenvalue weighted by Crippen LogP contribution is 2.13. The lowest BCUT2D eigenvalue weighted by Crippen LogP contribution is -2.50. The Labute approximate surface area is 180 Å². The molecule has 0 saturated carbocycles. The molecule has 1 aliphatic rings. The van der Waals surface area contributed by atoms with E-state index in [9.17, 15) is 4.79 Å². The first-order chi connectivity index (χ1) is 12.5. The molecular weight excluding hydrogens is 453 g/mol. The zero-order valence-corrected chi connectivity index (χ0v) is 19.2. The Balaban J connectivity index is 0.00000364. The molecule has 0 aliphatic carbocycles. The molecule has 0 unspecified atom stereocenters. The van der Waals surface area contributed by atoms with Crippen LogP contribution in [0, 0.1) is 0 Å². The van der Waals surface area contributed by atoms with Crippen molar-refractivity contribution in [2.24, 2.45) is 4.99 Å². The van der Waals surface area contributed by atoms with E-state index in [4.69, 9.17) is 0 Å². The van der Waals surface area contributed by atoms with Crippen molar-refractivity contribution in [2.75, 3.05) is 32.0 Å². The molecule has 0 spiro atoms. The molecule has 7 heteroatoms. The second-order valence-electron chi connectivity index (χ2n) is 7.08. The largest absolute Gasteiger partial charge is 0.354 e. The molecule has 3 N–H and O–H groups in total. The average Bonchev–Trinajstić information content (AvgIpc) is 2.65. The molecule has 1 aromatic rings. The monoisotopic (exact) mass is 487 g/mol. The van der Waals surface area contributed by atoms with Gasteiger partial charge in [0.1, 0.15) is 0 Å². The average molecular weight is 487 g/mol. The van der Waals surface area contributed by atoms with Crippen molar-refractivity contribution in [2.45, 2.75) is 52.1 Å². The molecule has 2 rings (SSSR count). The summed E-state index contributed by atoms with van der Waals surface area (Å²) in [6.45, 7) is 8.97. The number of guanidine groups is 1. The van der Waals surface area contributed by atoms with Crippen LogP contribution >= 0.6 is 24.0 Å². The van der Waals surface area contributed by atoms with E-state index < -0.39 is 0 Å². The molecule has 1 fully saturated rings. The summed E-state index contributed by atoms with van der Waals surface area (Å²) < 4.78 is 0. The van der Waals surface area contributed by atoms with Crippen LogP contribution in [0.5, 0.6) is 0 Å². The molecule has 0 aromatic heterocycles. The summed E-state index contributed by atoms with van der Waals surface area (Å²) in [5, 5.41) is 9.47. The number of halogens is 1. The number of rotatable bonds is 6. The van der Waals surface area contributed by atoms with Gasteiger partial charge in [0.15, 0.2) is 5.96 Å². The van der Waals surface area contributed by atoms with Gasteiger partial charge in [0.05, 0.1) is 6.54 Å². The topological polar surface area (TPSA) is 68.8 Å².